The molecule has 1 aromatic carbocycles. The third-order valence-electron chi connectivity index (χ3n) is 4.34. The molecule has 2 heterocycles. The Kier molecular flexibility index (Phi) is 5.74. The Hall–Kier alpha value is -2.73. The Bertz CT molecular complexity index is 698. The van der Waals surface area contributed by atoms with Crippen molar-refractivity contribution in [2.45, 2.75) is 25.4 Å². The molecule has 0 saturated carbocycles. The molecule has 0 atom stereocenters. The largest absolute Gasteiger partial charge is 0.335 e. The molecule has 0 radical (unpaired) electrons. The molecule has 2 N–H and O–H groups in total. The molecule has 0 aliphatic carbocycles. The lowest BCUT2D eigenvalue weighted by Crippen LogP contribution is -2.49. The Labute approximate surface area is 147 Å². The maximum Gasteiger partial charge on any atom is 0.321 e. The molecule has 1 aromatic heterocycles. The number of nitrogens with one attached hydrogen (secondary N) is 2. The number of hydrogen-bond acceptors (Lipinski definition) is 4. The maximum atomic E-state index is 12.0. The zero-order valence-corrected chi connectivity index (χ0v) is 14.0. The number of carbonyl (C=O) groups excluding carboxylic acids is 2. The monoisotopic (exact) mass is 338 g/mol. The fraction of sp³-hybridized carbons (Fsp3) is 0.316. The number of piperidine rings is 1. The van der Waals surface area contributed by atoms with Crippen LogP contribution in [0.5, 0.6) is 0 Å². The summed E-state index contributed by atoms with van der Waals surface area (Å²) >= 11 is 0. The van der Waals surface area contributed by atoms with Crippen LogP contribution in [0.15, 0.2) is 54.9 Å². The van der Waals surface area contributed by atoms with Gasteiger partial charge in [0, 0.05) is 43.6 Å². The van der Waals surface area contributed by atoms with E-state index in [9.17, 15) is 9.59 Å². The number of hydrogen-bond donors (Lipinski definition) is 2. The summed E-state index contributed by atoms with van der Waals surface area (Å²) in [6.07, 6.45) is 5.35. The first-order valence-corrected chi connectivity index (χ1v) is 8.49. The predicted octanol–water partition coefficient (Wildman–Crippen LogP) is 2.19. The first-order chi connectivity index (χ1) is 12.2. The fourth-order valence-corrected chi connectivity index (χ4v) is 2.97. The lowest BCUT2D eigenvalue weighted by Gasteiger charge is -2.32. The van der Waals surface area contributed by atoms with E-state index in [-0.39, 0.29) is 11.9 Å². The number of pyridine rings is 1. The molecular weight excluding hydrogens is 316 g/mol. The molecule has 130 valence electrons. The number of urea groups is 1. The van der Waals surface area contributed by atoms with E-state index in [0.717, 1.165) is 32.5 Å². The Morgan fingerprint density at radius 1 is 1.04 bits per heavy atom. The van der Waals surface area contributed by atoms with Crippen LogP contribution in [0.1, 0.15) is 28.8 Å². The molecule has 25 heavy (non-hydrogen) atoms. The van der Waals surface area contributed by atoms with Crippen molar-refractivity contribution in [3.8, 4) is 0 Å². The van der Waals surface area contributed by atoms with Gasteiger partial charge in [0.15, 0.2) is 0 Å². The third-order valence-corrected chi connectivity index (χ3v) is 4.34. The number of carbonyl (C=O) groups is 2. The minimum absolute atomic E-state index is 0.0947. The van der Waals surface area contributed by atoms with Gasteiger partial charge in [-0.2, -0.15) is 0 Å². The van der Waals surface area contributed by atoms with Gasteiger partial charge >= 0.3 is 6.03 Å². The standard InChI is InChI=1S/C19H22N4O2/c24-18(16-4-2-1-3-5-16)22-19(25)21-17-8-12-23(13-9-17)14-15-6-10-20-11-7-15/h1-7,10-11,17H,8-9,12-14H2,(H2,21,22,24,25). The van der Waals surface area contributed by atoms with E-state index in [2.05, 4.69) is 20.5 Å². The van der Waals surface area contributed by atoms with Crippen LogP contribution in [0.3, 0.4) is 0 Å². The van der Waals surface area contributed by atoms with Crippen molar-refractivity contribution >= 4 is 11.9 Å². The molecule has 3 rings (SSSR count). The quantitative estimate of drug-likeness (QED) is 0.896. The number of rotatable bonds is 4. The summed E-state index contributed by atoms with van der Waals surface area (Å²) in [4.78, 5) is 30.4. The van der Waals surface area contributed by atoms with E-state index >= 15 is 0 Å². The summed E-state index contributed by atoms with van der Waals surface area (Å²) < 4.78 is 0. The molecule has 1 fully saturated rings. The lowest BCUT2D eigenvalue weighted by molar-refractivity contribution is 0.0962. The highest BCUT2D eigenvalue weighted by Crippen LogP contribution is 2.13. The van der Waals surface area contributed by atoms with Crippen LogP contribution < -0.4 is 10.6 Å². The zero-order chi connectivity index (χ0) is 17.5. The topological polar surface area (TPSA) is 74.3 Å². The van der Waals surface area contributed by atoms with Crippen molar-refractivity contribution in [1.29, 1.82) is 0 Å². The minimum Gasteiger partial charge on any atom is -0.335 e. The molecule has 6 heteroatoms. The Balaban J connectivity index is 1.41. The van der Waals surface area contributed by atoms with Crippen molar-refractivity contribution in [3.63, 3.8) is 0 Å². The molecule has 0 bridgehead atoms. The van der Waals surface area contributed by atoms with Crippen LogP contribution in [0.2, 0.25) is 0 Å². The normalized spacial score (nSPS) is 15.5. The van der Waals surface area contributed by atoms with Gasteiger partial charge in [0.1, 0.15) is 0 Å². The second-order valence-electron chi connectivity index (χ2n) is 6.20. The van der Waals surface area contributed by atoms with E-state index in [1.165, 1.54) is 5.56 Å². The highest BCUT2D eigenvalue weighted by molar-refractivity contribution is 6.04. The van der Waals surface area contributed by atoms with Crippen LogP contribution in [0, 0.1) is 0 Å². The molecule has 0 spiro atoms. The zero-order valence-electron chi connectivity index (χ0n) is 14.0. The summed E-state index contributed by atoms with van der Waals surface area (Å²) in [5.74, 6) is -0.381. The highest BCUT2D eigenvalue weighted by atomic mass is 16.2. The van der Waals surface area contributed by atoms with Crippen LogP contribution in [-0.2, 0) is 6.54 Å². The van der Waals surface area contributed by atoms with Crippen LogP contribution >= 0.6 is 0 Å². The molecule has 1 saturated heterocycles. The van der Waals surface area contributed by atoms with Gasteiger partial charge in [-0.25, -0.2) is 4.79 Å². The second kappa shape index (κ2) is 8.39. The number of benzene rings is 1. The second-order valence-corrected chi connectivity index (χ2v) is 6.20. The van der Waals surface area contributed by atoms with Gasteiger partial charge in [-0.05, 0) is 42.7 Å². The first kappa shape index (κ1) is 17.1. The molecule has 3 amide bonds. The van der Waals surface area contributed by atoms with Crippen molar-refractivity contribution in [2.24, 2.45) is 0 Å². The maximum absolute atomic E-state index is 12.0. The van der Waals surface area contributed by atoms with E-state index < -0.39 is 6.03 Å². The molecular formula is C19H22N4O2. The fourth-order valence-electron chi connectivity index (χ4n) is 2.97. The summed E-state index contributed by atoms with van der Waals surface area (Å²) in [6, 6.07) is 12.4. The molecule has 2 aromatic rings. The Morgan fingerprint density at radius 3 is 2.40 bits per heavy atom. The third kappa shape index (κ3) is 5.12. The smallest absolute Gasteiger partial charge is 0.321 e. The predicted molar refractivity (Wildman–Crippen MR) is 95.0 cm³/mol. The van der Waals surface area contributed by atoms with Gasteiger partial charge < -0.3 is 5.32 Å². The summed E-state index contributed by atoms with van der Waals surface area (Å²) in [5, 5.41) is 5.28. The molecule has 1 aliphatic rings. The van der Waals surface area contributed by atoms with Crippen molar-refractivity contribution < 1.29 is 9.59 Å². The van der Waals surface area contributed by atoms with Crippen LogP contribution in [-0.4, -0.2) is 41.0 Å². The van der Waals surface area contributed by atoms with E-state index in [4.69, 9.17) is 0 Å². The Morgan fingerprint density at radius 2 is 1.72 bits per heavy atom. The van der Waals surface area contributed by atoms with Gasteiger partial charge in [-0.15, -0.1) is 0 Å². The van der Waals surface area contributed by atoms with Crippen LogP contribution in [0.4, 0.5) is 4.79 Å². The summed E-state index contributed by atoms with van der Waals surface area (Å²) in [7, 11) is 0. The number of likely N-dealkylation sites (tertiary alicyclic amines) is 1. The average molecular weight is 338 g/mol. The van der Waals surface area contributed by atoms with Crippen molar-refractivity contribution in [2.75, 3.05) is 13.1 Å². The molecule has 1 aliphatic heterocycles. The first-order valence-electron chi connectivity index (χ1n) is 8.49. The summed E-state index contributed by atoms with van der Waals surface area (Å²) in [5.41, 5.74) is 1.72. The van der Waals surface area contributed by atoms with E-state index in [0.29, 0.717) is 5.56 Å². The lowest BCUT2D eigenvalue weighted by atomic mass is 10.0. The van der Waals surface area contributed by atoms with E-state index in [1.807, 2.05) is 18.2 Å². The molecule has 0 unspecified atom stereocenters. The average Bonchev–Trinajstić information content (AvgIpc) is 2.65. The van der Waals surface area contributed by atoms with Gasteiger partial charge in [0.25, 0.3) is 5.91 Å². The summed E-state index contributed by atoms with van der Waals surface area (Å²) in [6.45, 7) is 2.73. The number of imide groups is 1. The van der Waals surface area contributed by atoms with Crippen molar-refractivity contribution in [3.05, 3.63) is 66.0 Å². The SMILES string of the molecule is O=C(NC(=O)c1ccccc1)NC1CCN(Cc2ccncc2)CC1. The number of amides is 3. The minimum atomic E-state index is -0.429. The van der Waals surface area contributed by atoms with Gasteiger partial charge in [-0.1, -0.05) is 18.2 Å². The van der Waals surface area contributed by atoms with Crippen molar-refractivity contribution in [1.82, 2.24) is 20.5 Å². The van der Waals surface area contributed by atoms with Gasteiger partial charge in [0.05, 0.1) is 0 Å². The molecule has 6 nitrogen and oxygen atoms in total. The van der Waals surface area contributed by atoms with Crippen LogP contribution in [0.25, 0.3) is 0 Å². The number of nitrogens with zero attached hydrogens (tertiary/aromatic N) is 2. The van der Waals surface area contributed by atoms with Gasteiger partial charge in [0.2, 0.25) is 0 Å². The van der Waals surface area contributed by atoms with E-state index in [1.54, 1.807) is 36.7 Å². The van der Waals surface area contributed by atoms with Gasteiger partial charge in [-0.3, -0.25) is 20.0 Å². The highest BCUT2D eigenvalue weighted by Gasteiger charge is 2.21. The number of aromatic nitrogens is 1.